The van der Waals surface area contributed by atoms with E-state index in [0.29, 0.717) is 34.1 Å². The van der Waals surface area contributed by atoms with E-state index in [1.54, 1.807) is 37.3 Å². The van der Waals surface area contributed by atoms with Gasteiger partial charge in [0.25, 0.3) is 11.8 Å². The number of hydrogen-bond donors (Lipinski definition) is 2. The molecule has 1 aliphatic rings. The molecule has 200 valence electrons. The van der Waals surface area contributed by atoms with Gasteiger partial charge in [0, 0.05) is 16.3 Å². The number of hydrogen-bond acceptors (Lipinski definition) is 5. The summed E-state index contributed by atoms with van der Waals surface area (Å²) in [5.41, 5.74) is 4.76. The maximum atomic E-state index is 13.2. The van der Waals surface area contributed by atoms with E-state index in [-0.39, 0.29) is 17.4 Å². The number of nitrogens with zero attached hydrogens (tertiary/aromatic N) is 2. The Morgan fingerprint density at radius 1 is 1.02 bits per heavy atom. The number of carboxylic acids is 1. The molecule has 0 bridgehead atoms. The van der Waals surface area contributed by atoms with Gasteiger partial charge in [-0.1, -0.05) is 53.6 Å². The summed E-state index contributed by atoms with van der Waals surface area (Å²) < 4.78 is 0. The number of rotatable bonds is 7. The van der Waals surface area contributed by atoms with Crippen molar-refractivity contribution < 1.29 is 19.5 Å². The van der Waals surface area contributed by atoms with Crippen LogP contribution in [0.25, 0.3) is 16.5 Å². The zero-order valence-electron chi connectivity index (χ0n) is 21.6. The van der Waals surface area contributed by atoms with E-state index in [2.05, 4.69) is 10.4 Å². The molecule has 3 aromatic carbocycles. The van der Waals surface area contributed by atoms with Gasteiger partial charge in [0.2, 0.25) is 0 Å². The standard InChI is InChI=1S/C31H24ClN3O4S/c1-18-6-8-20(9-7-18)17-33-29(36)26-15-21(10-12-27(26)32)28-13-11-24(40-28)16-25-19(2)34-35(30(25)37)23-5-3-4-22(14-23)31(38)39/h3-16H,17H2,1-2H3,(H,33,36)(H,38,39)/b25-16-. The van der Waals surface area contributed by atoms with E-state index in [0.717, 1.165) is 26.4 Å². The summed E-state index contributed by atoms with van der Waals surface area (Å²) >= 11 is 7.83. The van der Waals surface area contributed by atoms with Gasteiger partial charge < -0.3 is 10.4 Å². The summed E-state index contributed by atoms with van der Waals surface area (Å²) in [7, 11) is 0. The van der Waals surface area contributed by atoms with Crippen LogP contribution in [0.3, 0.4) is 0 Å². The zero-order valence-corrected chi connectivity index (χ0v) is 23.2. The molecule has 40 heavy (non-hydrogen) atoms. The lowest BCUT2D eigenvalue weighted by Crippen LogP contribution is -2.23. The zero-order chi connectivity index (χ0) is 28.4. The Morgan fingerprint density at radius 2 is 1.80 bits per heavy atom. The van der Waals surface area contributed by atoms with Crippen LogP contribution < -0.4 is 10.3 Å². The number of hydrazone groups is 1. The van der Waals surface area contributed by atoms with E-state index in [1.807, 2.05) is 49.4 Å². The molecule has 0 fully saturated rings. The van der Waals surface area contributed by atoms with Crippen LogP contribution in [0.2, 0.25) is 5.02 Å². The van der Waals surface area contributed by atoms with Gasteiger partial charge in [0.05, 0.1) is 33.1 Å². The topological polar surface area (TPSA) is 99.1 Å². The number of halogens is 1. The van der Waals surface area contributed by atoms with Crippen molar-refractivity contribution in [2.45, 2.75) is 20.4 Å². The molecule has 1 aliphatic heterocycles. The van der Waals surface area contributed by atoms with Gasteiger partial charge in [-0.3, -0.25) is 9.59 Å². The maximum absolute atomic E-state index is 13.2. The number of anilines is 1. The number of thiophene rings is 1. The fraction of sp³-hybridized carbons (Fsp3) is 0.0968. The summed E-state index contributed by atoms with van der Waals surface area (Å²) in [6, 6.07) is 23.2. The van der Waals surface area contributed by atoms with E-state index in [1.165, 1.54) is 28.5 Å². The third-order valence-electron chi connectivity index (χ3n) is 6.38. The normalized spacial score (nSPS) is 14.0. The lowest BCUT2D eigenvalue weighted by Gasteiger charge is -2.12. The molecule has 2 N–H and O–H groups in total. The first-order valence-electron chi connectivity index (χ1n) is 12.4. The monoisotopic (exact) mass is 569 g/mol. The van der Waals surface area contributed by atoms with Gasteiger partial charge in [0.1, 0.15) is 0 Å². The van der Waals surface area contributed by atoms with Crippen LogP contribution in [-0.4, -0.2) is 28.6 Å². The van der Waals surface area contributed by atoms with Crippen LogP contribution in [0.15, 0.2) is 89.5 Å². The quantitative estimate of drug-likeness (QED) is 0.239. The van der Waals surface area contributed by atoms with Crippen LogP contribution in [-0.2, 0) is 11.3 Å². The van der Waals surface area contributed by atoms with Gasteiger partial charge >= 0.3 is 5.97 Å². The van der Waals surface area contributed by atoms with Crippen LogP contribution in [0.4, 0.5) is 5.69 Å². The predicted molar refractivity (Wildman–Crippen MR) is 159 cm³/mol. The van der Waals surface area contributed by atoms with Crippen LogP contribution in [0, 0.1) is 6.92 Å². The van der Waals surface area contributed by atoms with E-state index in [4.69, 9.17) is 11.6 Å². The number of aryl methyl sites for hydroxylation is 1. The second-order valence-electron chi connectivity index (χ2n) is 9.28. The average molecular weight is 570 g/mol. The Labute approximate surface area is 240 Å². The molecule has 2 amide bonds. The summed E-state index contributed by atoms with van der Waals surface area (Å²) in [5, 5.41) is 18.1. The molecule has 0 aliphatic carbocycles. The summed E-state index contributed by atoms with van der Waals surface area (Å²) in [6.45, 7) is 4.14. The van der Waals surface area contributed by atoms with Gasteiger partial charge in [-0.2, -0.15) is 10.1 Å². The molecule has 0 saturated carbocycles. The molecular formula is C31H24ClN3O4S. The van der Waals surface area contributed by atoms with Gasteiger partial charge in [-0.15, -0.1) is 11.3 Å². The number of carboxylic acid groups (broad SMARTS) is 1. The van der Waals surface area contributed by atoms with Crippen molar-refractivity contribution in [1.29, 1.82) is 0 Å². The van der Waals surface area contributed by atoms with Crippen molar-refractivity contribution in [3.8, 4) is 10.4 Å². The fourth-order valence-corrected chi connectivity index (χ4v) is 5.34. The van der Waals surface area contributed by atoms with Crippen molar-refractivity contribution in [3.05, 3.63) is 117 Å². The van der Waals surface area contributed by atoms with Crippen molar-refractivity contribution in [1.82, 2.24) is 5.32 Å². The van der Waals surface area contributed by atoms with Crippen LogP contribution in [0.1, 0.15) is 43.6 Å². The number of amides is 2. The Bertz CT molecular complexity index is 1710. The third-order valence-corrected chi connectivity index (χ3v) is 7.79. The first-order chi connectivity index (χ1) is 19.2. The number of nitrogens with one attached hydrogen (secondary N) is 1. The molecule has 9 heteroatoms. The number of carbonyl (C=O) groups excluding carboxylic acids is 2. The highest BCUT2D eigenvalue weighted by molar-refractivity contribution is 7.16. The Balaban J connectivity index is 1.34. The summed E-state index contributed by atoms with van der Waals surface area (Å²) in [4.78, 5) is 39.1. The lowest BCUT2D eigenvalue weighted by molar-refractivity contribution is -0.114. The SMILES string of the molecule is CC1=NN(c2cccc(C(=O)O)c2)C(=O)/C1=C\c1ccc(-c2ccc(Cl)c(C(=O)NCc3ccc(C)cc3)c2)s1. The minimum Gasteiger partial charge on any atom is -0.478 e. The molecule has 7 nitrogen and oxygen atoms in total. The smallest absolute Gasteiger partial charge is 0.335 e. The maximum Gasteiger partial charge on any atom is 0.335 e. The number of benzene rings is 3. The lowest BCUT2D eigenvalue weighted by atomic mass is 10.1. The number of carbonyl (C=O) groups is 3. The van der Waals surface area contributed by atoms with Gasteiger partial charge in [-0.05, 0) is 73.5 Å². The Hall–Kier alpha value is -4.53. The van der Waals surface area contributed by atoms with Crippen molar-refractivity contribution in [2.24, 2.45) is 5.10 Å². The average Bonchev–Trinajstić information content (AvgIpc) is 3.53. The molecule has 2 heterocycles. The molecule has 5 rings (SSSR count). The molecule has 4 aromatic rings. The highest BCUT2D eigenvalue weighted by Crippen LogP contribution is 2.33. The minimum atomic E-state index is -1.08. The van der Waals surface area contributed by atoms with Crippen LogP contribution in [0.5, 0.6) is 0 Å². The fourth-order valence-electron chi connectivity index (χ4n) is 4.19. The highest BCUT2D eigenvalue weighted by Gasteiger charge is 2.29. The third kappa shape index (κ3) is 5.73. The molecule has 0 spiro atoms. The minimum absolute atomic E-state index is 0.0737. The first kappa shape index (κ1) is 27.1. The number of aromatic carboxylic acids is 1. The van der Waals surface area contributed by atoms with Crippen molar-refractivity contribution in [2.75, 3.05) is 5.01 Å². The van der Waals surface area contributed by atoms with Crippen molar-refractivity contribution >= 4 is 58.2 Å². The molecule has 0 radical (unpaired) electrons. The molecule has 0 atom stereocenters. The van der Waals surface area contributed by atoms with Crippen LogP contribution >= 0.6 is 22.9 Å². The summed E-state index contributed by atoms with van der Waals surface area (Å²) in [5.74, 6) is -1.68. The second kappa shape index (κ2) is 11.3. The molecule has 0 saturated heterocycles. The van der Waals surface area contributed by atoms with E-state index < -0.39 is 5.97 Å². The first-order valence-corrected chi connectivity index (χ1v) is 13.6. The van der Waals surface area contributed by atoms with Crippen molar-refractivity contribution in [3.63, 3.8) is 0 Å². The van der Waals surface area contributed by atoms with Gasteiger partial charge in [-0.25, -0.2) is 4.79 Å². The molecule has 1 aromatic heterocycles. The predicted octanol–water partition coefficient (Wildman–Crippen LogP) is 6.81. The van der Waals surface area contributed by atoms with E-state index >= 15 is 0 Å². The molecule has 0 unspecified atom stereocenters. The molecular weight excluding hydrogens is 546 g/mol. The second-order valence-corrected chi connectivity index (χ2v) is 10.8. The summed E-state index contributed by atoms with van der Waals surface area (Å²) in [6.07, 6.45) is 1.77. The Kier molecular flexibility index (Phi) is 7.64. The highest BCUT2D eigenvalue weighted by atomic mass is 35.5. The van der Waals surface area contributed by atoms with Gasteiger partial charge in [0.15, 0.2) is 0 Å². The largest absolute Gasteiger partial charge is 0.478 e. The Morgan fingerprint density at radius 3 is 2.55 bits per heavy atom. The van der Waals surface area contributed by atoms with E-state index in [9.17, 15) is 19.5 Å².